The number of cyclic esters (lactones) is 1. The molecule has 0 radical (unpaired) electrons. The zero-order chi connectivity index (χ0) is 55.5. The fraction of sp³-hybridized carbons (Fsp3) is 0.811. The number of nitrogens with one attached hydrogen (secondary N) is 7. The van der Waals surface area contributed by atoms with E-state index in [0.717, 1.165) is 44.9 Å². The lowest BCUT2D eigenvalue weighted by Crippen LogP contribution is -2.61. The Labute approximate surface area is 434 Å². The number of ether oxygens (including phenoxy) is 1. The van der Waals surface area contributed by atoms with Gasteiger partial charge < -0.3 is 52.2 Å². The summed E-state index contributed by atoms with van der Waals surface area (Å²) in [6.45, 7) is 22.0. The summed E-state index contributed by atoms with van der Waals surface area (Å²) >= 11 is 0. The molecule has 0 bridgehead atoms. The first-order valence-corrected chi connectivity index (χ1v) is 26.8. The lowest BCUT2D eigenvalue weighted by atomic mass is 9.98. The number of amides is 7. The van der Waals surface area contributed by atoms with E-state index in [1.54, 1.807) is 55.4 Å². The van der Waals surface area contributed by atoms with E-state index in [9.17, 15) is 58.2 Å². The van der Waals surface area contributed by atoms with Crippen LogP contribution in [-0.4, -0.2) is 118 Å². The number of carboxylic acids is 2. The van der Waals surface area contributed by atoms with Crippen LogP contribution in [0.15, 0.2) is 0 Å². The van der Waals surface area contributed by atoms with Gasteiger partial charge in [0.15, 0.2) is 0 Å². The topological polar surface area (TPSA) is 305 Å². The number of hydrogen-bond acceptors (Lipinski definition) is 11. The molecule has 1 heterocycles. The maximum atomic E-state index is 14.2. The summed E-state index contributed by atoms with van der Waals surface area (Å²) in [7, 11) is 0. The van der Waals surface area contributed by atoms with E-state index >= 15 is 0 Å². The van der Waals surface area contributed by atoms with Gasteiger partial charge in [0, 0.05) is 6.42 Å². The van der Waals surface area contributed by atoms with Gasteiger partial charge in [-0.05, 0) is 80.5 Å². The highest BCUT2D eigenvalue weighted by Crippen LogP contribution is 2.19. The monoisotopic (exact) mass is 1040 g/mol. The normalized spacial score (nSPS) is 24.0. The minimum Gasteiger partial charge on any atom is -0.481 e. The van der Waals surface area contributed by atoms with Gasteiger partial charge in [-0.2, -0.15) is 0 Å². The maximum absolute atomic E-state index is 14.2. The summed E-state index contributed by atoms with van der Waals surface area (Å²) in [6.07, 6.45) is 5.02. The Balaban J connectivity index is 3.95. The van der Waals surface area contributed by atoms with Crippen molar-refractivity contribution in [3.8, 4) is 0 Å². The number of aliphatic carboxylic acids is 2. The van der Waals surface area contributed by atoms with Crippen molar-refractivity contribution in [2.24, 2.45) is 35.5 Å². The zero-order valence-electron chi connectivity index (χ0n) is 46.0. The van der Waals surface area contributed by atoms with Crippen LogP contribution < -0.4 is 37.2 Å². The highest BCUT2D eigenvalue weighted by Gasteiger charge is 2.37. The second-order valence-electron chi connectivity index (χ2n) is 22.4. The fourth-order valence-corrected chi connectivity index (χ4v) is 8.57. The van der Waals surface area contributed by atoms with Crippen LogP contribution in [0.3, 0.4) is 0 Å². The van der Waals surface area contributed by atoms with Crippen molar-refractivity contribution in [2.45, 2.75) is 241 Å². The number of carboxylic acid groups (broad SMARTS) is 2. The van der Waals surface area contributed by atoms with Gasteiger partial charge in [-0.15, -0.1) is 0 Å². The molecule has 1 aliphatic rings. The summed E-state index contributed by atoms with van der Waals surface area (Å²) in [4.78, 5) is 137. The Morgan fingerprint density at radius 3 is 1.29 bits per heavy atom. The molecule has 73 heavy (non-hydrogen) atoms. The molecule has 1 aliphatic heterocycles. The molecule has 7 amide bonds. The minimum atomic E-state index is -1.72. The molecule has 0 saturated carbocycles. The van der Waals surface area contributed by atoms with Gasteiger partial charge >= 0.3 is 17.9 Å². The molecule has 8 atom stereocenters. The fourth-order valence-electron chi connectivity index (χ4n) is 8.57. The molecule has 9 N–H and O–H groups in total. The van der Waals surface area contributed by atoms with Crippen LogP contribution >= 0.6 is 0 Å². The number of rotatable bonds is 24. The van der Waals surface area contributed by atoms with E-state index < -0.39 is 133 Å². The maximum Gasteiger partial charge on any atom is 0.328 e. The van der Waals surface area contributed by atoms with Gasteiger partial charge in [-0.3, -0.25) is 43.2 Å². The number of carbonyl (C=O) groups is 10. The lowest BCUT2D eigenvalue weighted by Gasteiger charge is -2.29. The van der Waals surface area contributed by atoms with E-state index in [0.29, 0.717) is 12.3 Å². The molecular formula is C53H93N7O13. The Kier molecular flexibility index (Phi) is 30.8. The van der Waals surface area contributed by atoms with Crippen molar-refractivity contribution in [1.82, 2.24) is 37.2 Å². The first-order chi connectivity index (χ1) is 34.1. The summed E-state index contributed by atoms with van der Waals surface area (Å²) < 4.78 is 6.04. The first-order valence-electron chi connectivity index (χ1n) is 26.8. The van der Waals surface area contributed by atoms with Crippen molar-refractivity contribution in [3.05, 3.63) is 0 Å². The third-order valence-corrected chi connectivity index (χ3v) is 12.4. The Morgan fingerprint density at radius 2 is 0.849 bits per heavy atom. The highest BCUT2D eigenvalue weighted by molar-refractivity contribution is 5.98. The van der Waals surface area contributed by atoms with Crippen LogP contribution in [-0.2, 0) is 52.7 Å². The average Bonchev–Trinajstić information content (AvgIpc) is 3.26. The summed E-state index contributed by atoms with van der Waals surface area (Å²) in [5.74, 6) is -10.1. The molecule has 418 valence electrons. The first kappa shape index (κ1) is 65.7. The standard InChI is InChI=1S/C53H93N7O13/c1-30(2)20-18-16-14-13-15-17-19-21-36-28-43(61)54-37(22-23-44(62)63)47(66)55-38(24-31(3)4)48(67)57-40(26-33(7)8)51(70)60-46(35(11)12)52(71)58-41(29-45(64)65)50(69)56-39(25-32(5)6)49(68)59-42(27-34(9)10)53(72)73-36/h30-42,46H,13-29H2,1-12H3,(H,54,61)(H,55,66)(H,56,69)(H,57,67)(H,58,71)(H,59,68)(H,60,70)(H,62,63)(H,64,65)/t36?,37-,38+,39?,40-,41+,42?,46+/m1/s1. The average molecular weight is 1040 g/mol. The Hall–Kier alpha value is -5.30. The van der Waals surface area contributed by atoms with Crippen LogP contribution in [0.1, 0.15) is 192 Å². The smallest absolute Gasteiger partial charge is 0.328 e. The molecule has 0 aromatic rings. The molecular weight excluding hydrogens is 943 g/mol. The second kappa shape index (κ2) is 34.2. The van der Waals surface area contributed by atoms with Crippen molar-refractivity contribution < 1.29 is 62.9 Å². The molecule has 1 rings (SSSR count). The van der Waals surface area contributed by atoms with Gasteiger partial charge in [0.2, 0.25) is 41.4 Å². The molecule has 1 saturated heterocycles. The van der Waals surface area contributed by atoms with Crippen molar-refractivity contribution in [2.75, 3.05) is 0 Å². The number of esters is 1. The van der Waals surface area contributed by atoms with Gasteiger partial charge in [0.1, 0.15) is 48.4 Å². The van der Waals surface area contributed by atoms with E-state index in [4.69, 9.17) is 4.74 Å². The van der Waals surface area contributed by atoms with Gasteiger partial charge in [-0.1, -0.05) is 128 Å². The Bertz CT molecular complexity index is 1800. The SMILES string of the molecule is CC(C)CCCCCCCCCC1CC(=O)N[C@H](CCC(=O)O)C(=O)N[C@@H](CC(C)C)C(=O)N[C@H](CC(C)C)C(=O)N[C@@H](C(C)C)C(=O)N[C@@H](CC(=O)O)C(=O)NC(CC(C)C)C(=O)NC(CC(C)C)C(=O)O1. The van der Waals surface area contributed by atoms with Gasteiger partial charge in [-0.25, -0.2) is 4.79 Å². The van der Waals surface area contributed by atoms with Gasteiger partial charge in [0.05, 0.1) is 12.8 Å². The molecule has 0 spiro atoms. The molecule has 3 unspecified atom stereocenters. The minimum absolute atomic E-state index is 0.0393. The number of hydrogen-bond donors (Lipinski definition) is 9. The molecule has 0 aromatic heterocycles. The van der Waals surface area contributed by atoms with Crippen molar-refractivity contribution in [1.29, 1.82) is 0 Å². The van der Waals surface area contributed by atoms with Crippen LogP contribution in [0, 0.1) is 35.5 Å². The van der Waals surface area contributed by atoms with E-state index in [1.807, 2.05) is 13.8 Å². The van der Waals surface area contributed by atoms with Crippen molar-refractivity contribution >= 4 is 59.3 Å². The molecule has 1 fully saturated rings. The number of carbonyl (C=O) groups excluding carboxylic acids is 8. The predicted molar refractivity (Wildman–Crippen MR) is 276 cm³/mol. The largest absolute Gasteiger partial charge is 0.481 e. The number of unbranched alkanes of at least 4 members (excludes halogenated alkanes) is 6. The molecule has 20 heteroatoms. The third kappa shape index (κ3) is 28.1. The van der Waals surface area contributed by atoms with Crippen LogP contribution in [0.2, 0.25) is 0 Å². The zero-order valence-corrected chi connectivity index (χ0v) is 46.0. The summed E-state index contributed by atoms with van der Waals surface area (Å²) in [6, 6.07) is -9.64. The van der Waals surface area contributed by atoms with E-state index in [2.05, 4.69) is 51.1 Å². The van der Waals surface area contributed by atoms with Crippen LogP contribution in [0.25, 0.3) is 0 Å². The Morgan fingerprint density at radius 1 is 0.452 bits per heavy atom. The van der Waals surface area contributed by atoms with Gasteiger partial charge in [0.25, 0.3) is 0 Å². The van der Waals surface area contributed by atoms with Crippen LogP contribution in [0.5, 0.6) is 0 Å². The van der Waals surface area contributed by atoms with Crippen molar-refractivity contribution in [3.63, 3.8) is 0 Å². The molecule has 20 nitrogen and oxygen atoms in total. The lowest BCUT2D eigenvalue weighted by molar-refractivity contribution is -0.155. The van der Waals surface area contributed by atoms with E-state index in [1.165, 1.54) is 0 Å². The predicted octanol–water partition coefficient (Wildman–Crippen LogP) is 5.04. The molecule has 0 aromatic carbocycles. The quantitative estimate of drug-likeness (QED) is 0.0453. The third-order valence-electron chi connectivity index (χ3n) is 12.4. The molecule has 0 aliphatic carbocycles. The summed E-state index contributed by atoms with van der Waals surface area (Å²) in [5.41, 5.74) is 0. The highest BCUT2D eigenvalue weighted by atomic mass is 16.5. The van der Waals surface area contributed by atoms with Crippen LogP contribution in [0.4, 0.5) is 0 Å². The van der Waals surface area contributed by atoms with E-state index in [-0.39, 0.29) is 62.2 Å². The second-order valence-corrected chi connectivity index (χ2v) is 22.4. The summed E-state index contributed by atoms with van der Waals surface area (Å²) in [5, 5.41) is 37.9.